The Hall–Kier alpha value is -3.10. The lowest BCUT2D eigenvalue weighted by Gasteiger charge is -1.95. The molecule has 128 valence electrons. The summed E-state index contributed by atoms with van der Waals surface area (Å²) in [6.07, 6.45) is 1.49. The van der Waals surface area contributed by atoms with Gasteiger partial charge in [-0.1, -0.05) is 47.2 Å². The maximum absolute atomic E-state index is 12.6. The Labute approximate surface area is 155 Å². The molecule has 0 spiro atoms. The van der Waals surface area contributed by atoms with Gasteiger partial charge in [0.05, 0.1) is 15.0 Å². The number of fused-ring (bicyclic) bond motifs is 1. The molecule has 0 N–H and O–H groups in total. The van der Waals surface area contributed by atoms with Crippen LogP contribution in [0.1, 0.15) is 5.56 Å². The predicted octanol–water partition coefficient (Wildman–Crippen LogP) is 2.93. The molecule has 2 aromatic carbocycles. The van der Waals surface area contributed by atoms with Crippen molar-refractivity contribution in [1.29, 1.82) is 0 Å². The number of aromatic nitrogens is 3. The molecule has 0 fully saturated rings. The van der Waals surface area contributed by atoms with E-state index in [1.807, 2.05) is 0 Å². The van der Waals surface area contributed by atoms with Gasteiger partial charge in [-0.05, 0) is 24.3 Å². The topological polar surface area (TPSA) is 90.4 Å². The van der Waals surface area contributed by atoms with Crippen molar-refractivity contribution in [3.05, 3.63) is 84.1 Å². The van der Waals surface area contributed by atoms with E-state index in [1.165, 1.54) is 16.7 Å². The summed E-state index contributed by atoms with van der Waals surface area (Å²) < 4.78 is 1.52. The molecule has 2 aromatic heterocycles. The van der Waals surface area contributed by atoms with E-state index in [9.17, 15) is 14.9 Å². The van der Waals surface area contributed by atoms with Crippen molar-refractivity contribution in [3.8, 4) is 11.4 Å². The van der Waals surface area contributed by atoms with Crippen molar-refractivity contribution in [2.24, 2.45) is 0 Å². The lowest BCUT2D eigenvalue weighted by molar-refractivity contribution is -0.385. The zero-order valence-corrected chi connectivity index (χ0v) is 14.6. The second kappa shape index (κ2) is 6.32. The third-order valence-electron chi connectivity index (χ3n) is 3.68. The second-order valence-corrected chi connectivity index (χ2v) is 6.82. The van der Waals surface area contributed by atoms with Crippen LogP contribution in [-0.2, 0) is 0 Å². The molecule has 0 aliphatic carbocycles. The number of rotatable bonds is 3. The number of halogens is 1. The van der Waals surface area contributed by atoms with Gasteiger partial charge in [-0.3, -0.25) is 14.9 Å². The summed E-state index contributed by atoms with van der Waals surface area (Å²) >= 11 is 7.10. The summed E-state index contributed by atoms with van der Waals surface area (Å²) in [5.41, 5.74) is 0.626. The molecular weight excluding hydrogens is 376 g/mol. The quantitative estimate of drug-likeness (QED) is 0.400. The number of hydrogen-bond donors (Lipinski definition) is 0. The fourth-order valence-electron chi connectivity index (χ4n) is 2.50. The van der Waals surface area contributed by atoms with Crippen molar-refractivity contribution < 1.29 is 4.92 Å². The summed E-state index contributed by atoms with van der Waals surface area (Å²) in [6, 6.07) is 13.3. The van der Waals surface area contributed by atoms with Crippen molar-refractivity contribution >= 4 is 39.7 Å². The Kier molecular flexibility index (Phi) is 3.98. The summed E-state index contributed by atoms with van der Waals surface area (Å²) in [7, 11) is 0. The molecule has 0 aliphatic heterocycles. The monoisotopic (exact) mass is 384 g/mol. The molecule has 0 saturated heterocycles. The maximum atomic E-state index is 12.6. The fourth-order valence-corrected chi connectivity index (χ4v) is 3.59. The summed E-state index contributed by atoms with van der Waals surface area (Å²) in [4.78, 5) is 28.0. The third-order valence-corrected chi connectivity index (χ3v) is 4.88. The zero-order valence-electron chi connectivity index (χ0n) is 13.0. The van der Waals surface area contributed by atoms with Gasteiger partial charge in [0.15, 0.2) is 5.82 Å². The minimum absolute atomic E-state index is 0.0643. The van der Waals surface area contributed by atoms with E-state index in [0.29, 0.717) is 31.5 Å². The van der Waals surface area contributed by atoms with E-state index in [4.69, 9.17) is 11.6 Å². The summed E-state index contributed by atoms with van der Waals surface area (Å²) in [6.45, 7) is 0. The lowest BCUT2D eigenvalue weighted by Crippen LogP contribution is -2.23. The van der Waals surface area contributed by atoms with Crippen LogP contribution in [0.3, 0.4) is 0 Å². The van der Waals surface area contributed by atoms with E-state index in [0.717, 1.165) is 11.3 Å². The molecule has 2 heterocycles. The van der Waals surface area contributed by atoms with Crippen LogP contribution in [0.2, 0.25) is 5.02 Å². The maximum Gasteiger partial charge on any atom is 0.291 e. The van der Waals surface area contributed by atoms with Crippen LogP contribution in [0.25, 0.3) is 22.4 Å². The lowest BCUT2D eigenvalue weighted by atomic mass is 10.2. The van der Waals surface area contributed by atoms with E-state index >= 15 is 0 Å². The minimum Gasteiger partial charge on any atom is -0.266 e. The van der Waals surface area contributed by atoms with Crippen molar-refractivity contribution in [2.45, 2.75) is 0 Å². The van der Waals surface area contributed by atoms with Gasteiger partial charge in [0.25, 0.3) is 11.2 Å². The second-order valence-electron chi connectivity index (χ2n) is 5.37. The molecule has 4 aromatic rings. The van der Waals surface area contributed by atoms with Crippen LogP contribution in [0, 0.1) is 10.1 Å². The molecule has 26 heavy (non-hydrogen) atoms. The third kappa shape index (κ3) is 2.85. The highest BCUT2D eigenvalue weighted by Crippen LogP contribution is 2.21. The van der Waals surface area contributed by atoms with Crippen LogP contribution >= 0.6 is 22.9 Å². The van der Waals surface area contributed by atoms with Gasteiger partial charge in [0.1, 0.15) is 0 Å². The van der Waals surface area contributed by atoms with Gasteiger partial charge in [-0.15, -0.1) is 5.10 Å². The normalized spacial score (nSPS) is 12.0. The first-order valence-electron chi connectivity index (χ1n) is 7.43. The van der Waals surface area contributed by atoms with Gasteiger partial charge in [0.2, 0.25) is 4.96 Å². The van der Waals surface area contributed by atoms with Crippen LogP contribution in [0.4, 0.5) is 5.69 Å². The van der Waals surface area contributed by atoms with Gasteiger partial charge in [0, 0.05) is 16.7 Å². The molecule has 0 radical (unpaired) electrons. The predicted molar refractivity (Wildman–Crippen MR) is 99.5 cm³/mol. The van der Waals surface area contributed by atoms with Crippen molar-refractivity contribution in [2.75, 3.05) is 0 Å². The zero-order chi connectivity index (χ0) is 18.3. The Morgan fingerprint density at radius 3 is 2.73 bits per heavy atom. The standard InChI is InChI=1S/C17H9ClN4O3S/c18-12-6-3-5-11(8-12)15-19-17-21(20-15)16(23)14(26-17)9-10-4-1-2-7-13(10)22(24)25/h1-9H/b14-9-. The molecule has 0 aliphatic rings. The van der Waals surface area contributed by atoms with Crippen LogP contribution < -0.4 is 10.1 Å². The van der Waals surface area contributed by atoms with Gasteiger partial charge in [-0.25, -0.2) is 0 Å². The number of nitro benzene ring substituents is 1. The summed E-state index contributed by atoms with van der Waals surface area (Å²) in [5.74, 6) is 0.396. The summed E-state index contributed by atoms with van der Waals surface area (Å²) in [5, 5.41) is 15.9. The van der Waals surface area contributed by atoms with Gasteiger partial charge in [-0.2, -0.15) is 9.50 Å². The van der Waals surface area contributed by atoms with E-state index in [1.54, 1.807) is 42.5 Å². The van der Waals surface area contributed by atoms with Crippen molar-refractivity contribution in [1.82, 2.24) is 14.6 Å². The average Bonchev–Trinajstić information content (AvgIpc) is 3.15. The van der Waals surface area contributed by atoms with Crippen LogP contribution in [0.15, 0.2) is 53.3 Å². The molecule has 4 rings (SSSR count). The Morgan fingerprint density at radius 1 is 1.19 bits per heavy atom. The van der Waals surface area contributed by atoms with Gasteiger partial charge < -0.3 is 0 Å². The number of thiazole rings is 1. The average molecular weight is 385 g/mol. The highest BCUT2D eigenvalue weighted by molar-refractivity contribution is 7.15. The molecule has 7 nitrogen and oxygen atoms in total. The molecule has 0 bridgehead atoms. The Balaban J connectivity index is 1.85. The number of benzene rings is 2. The number of hydrogen-bond acceptors (Lipinski definition) is 6. The van der Waals surface area contributed by atoms with E-state index in [-0.39, 0.29) is 11.2 Å². The first kappa shape index (κ1) is 16.4. The first-order valence-corrected chi connectivity index (χ1v) is 8.63. The smallest absolute Gasteiger partial charge is 0.266 e. The molecular formula is C17H9ClN4O3S. The van der Waals surface area contributed by atoms with Crippen LogP contribution in [-0.4, -0.2) is 19.5 Å². The van der Waals surface area contributed by atoms with Gasteiger partial charge >= 0.3 is 0 Å². The molecule has 0 unspecified atom stereocenters. The van der Waals surface area contributed by atoms with Crippen molar-refractivity contribution in [3.63, 3.8) is 0 Å². The largest absolute Gasteiger partial charge is 0.291 e. The molecule has 0 saturated carbocycles. The molecule has 9 heteroatoms. The Bertz CT molecular complexity index is 1260. The highest BCUT2D eigenvalue weighted by atomic mass is 35.5. The Morgan fingerprint density at radius 2 is 2.00 bits per heavy atom. The van der Waals surface area contributed by atoms with E-state index in [2.05, 4.69) is 10.1 Å². The van der Waals surface area contributed by atoms with E-state index < -0.39 is 4.92 Å². The SMILES string of the molecule is O=c1/c(=C/c2ccccc2[N+](=O)[O-])sc2nc(-c3cccc(Cl)c3)nn12. The molecule has 0 amide bonds. The minimum atomic E-state index is -0.482. The van der Waals surface area contributed by atoms with Crippen LogP contribution in [0.5, 0.6) is 0 Å². The number of para-hydroxylation sites is 1. The number of nitro groups is 1. The highest BCUT2D eigenvalue weighted by Gasteiger charge is 2.14. The fraction of sp³-hybridized carbons (Fsp3) is 0. The first-order chi connectivity index (χ1) is 12.5. The molecule has 0 atom stereocenters. The number of nitrogens with zero attached hydrogens (tertiary/aromatic N) is 4.